The van der Waals surface area contributed by atoms with Crippen LogP contribution in [0.1, 0.15) is 26.2 Å². The lowest BCUT2D eigenvalue weighted by molar-refractivity contribution is -0.137. The molecule has 4 heteroatoms. The second-order valence-corrected chi connectivity index (χ2v) is 3.34. The Labute approximate surface area is 63.2 Å². The molecule has 0 aromatic carbocycles. The second-order valence-electron chi connectivity index (χ2n) is 3.34. The number of halogens is 2. The van der Waals surface area contributed by atoms with E-state index in [0.717, 1.165) is 0 Å². The number of aliphatic carboxylic acids is 1. The van der Waals surface area contributed by atoms with Crippen LogP contribution in [0, 0.1) is 5.41 Å². The zero-order chi connectivity index (χ0) is 8.70. The van der Waals surface area contributed by atoms with Gasteiger partial charge in [-0.05, 0) is 6.42 Å². The molecule has 0 aliphatic heterocycles. The Hall–Kier alpha value is -0.670. The molecule has 0 spiro atoms. The maximum atomic E-state index is 12.4. The Balaban J connectivity index is 2.35. The SMILES string of the molecule is CC1(CCC(=O)O)CC1(F)F. The highest BCUT2D eigenvalue weighted by molar-refractivity contribution is 5.66. The normalized spacial score (nSPS) is 33.4. The summed E-state index contributed by atoms with van der Waals surface area (Å²) in [6, 6.07) is 0. The van der Waals surface area contributed by atoms with Gasteiger partial charge in [-0.2, -0.15) is 0 Å². The summed E-state index contributed by atoms with van der Waals surface area (Å²) in [5.41, 5.74) is -1.04. The minimum absolute atomic E-state index is 0.0787. The molecule has 0 aromatic heterocycles. The number of carbonyl (C=O) groups is 1. The molecule has 0 heterocycles. The van der Waals surface area contributed by atoms with E-state index in [1.807, 2.05) is 0 Å². The van der Waals surface area contributed by atoms with Crippen molar-refractivity contribution in [1.29, 1.82) is 0 Å². The van der Waals surface area contributed by atoms with Crippen LogP contribution in [0.3, 0.4) is 0 Å². The first-order valence-corrected chi connectivity index (χ1v) is 3.47. The van der Waals surface area contributed by atoms with Gasteiger partial charge in [0.15, 0.2) is 0 Å². The van der Waals surface area contributed by atoms with Crippen LogP contribution in [0.15, 0.2) is 0 Å². The van der Waals surface area contributed by atoms with E-state index in [2.05, 4.69) is 0 Å². The molecular weight excluding hydrogens is 154 g/mol. The van der Waals surface area contributed by atoms with E-state index < -0.39 is 17.3 Å². The highest BCUT2D eigenvalue weighted by atomic mass is 19.3. The van der Waals surface area contributed by atoms with Crippen molar-refractivity contribution >= 4 is 5.97 Å². The van der Waals surface area contributed by atoms with Crippen molar-refractivity contribution in [3.63, 3.8) is 0 Å². The molecule has 0 radical (unpaired) electrons. The van der Waals surface area contributed by atoms with Crippen molar-refractivity contribution in [2.45, 2.75) is 32.1 Å². The maximum Gasteiger partial charge on any atom is 0.303 e. The third-order valence-corrected chi connectivity index (χ3v) is 2.26. The predicted octanol–water partition coefficient (Wildman–Crippen LogP) is 1.90. The lowest BCUT2D eigenvalue weighted by Crippen LogP contribution is -2.08. The molecule has 1 atom stereocenters. The van der Waals surface area contributed by atoms with Crippen LogP contribution in [0.4, 0.5) is 8.78 Å². The zero-order valence-electron chi connectivity index (χ0n) is 6.23. The van der Waals surface area contributed by atoms with Crippen LogP contribution in [-0.2, 0) is 4.79 Å². The van der Waals surface area contributed by atoms with Gasteiger partial charge in [0.25, 0.3) is 5.92 Å². The standard InChI is InChI=1S/C7H10F2O2/c1-6(3-2-5(10)11)4-7(6,8)9/h2-4H2,1H3,(H,10,11). The van der Waals surface area contributed by atoms with Crippen LogP contribution in [-0.4, -0.2) is 17.0 Å². The van der Waals surface area contributed by atoms with Crippen LogP contribution >= 0.6 is 0 Å². The van der Waals surface area contributed by atoms with Crippen LogP contribution in [0.5, 0.6) is 0 Å². The topological polar surface area (TPSA) is 37.3 Å². The molecule has 1 aliphatic carbocycles. The fourth-order valence-corrected chi connectivity index (χ4v) is 1.10. The van der Waals surface area contributed by atoms with Gasteiger partial charge in [0.2, 0.25) is 0 Å². The minimum atomic E-state index is -2.62. The van der Waals surface area contributed by atoms with E-state index in [9.17, 15) is 13.6 Å². The third kappa shape index (κ3) is 1.49. The van der Waals surface area contributed by atoms with Crippen molar-refractivity contribution in [1.82, 2.24) is 0 Å². The zero-order valence-corrected chi connectivity index (χ0v) is 6.23. The van der Waals surface area contributed by atoms with E-state index in [-0.39, 0.29) is 19.3 Å². The average molecular weight is 164 g/mol. The van der Waals surface area contributed by atoms with Gasteiger partial charge in [0.05, 0.1) is 0 Å². The number of carboxylic acids is 1. The molecule has 0 amide bonds. The summed E-state index contributed by atoms with van der Waals surface area (Å²) < 4.78 is 24.9. The first-order chi connectivity index (χ1) is 4.87. The number of alkyl halides is 2. The van der Waals surface area contributed by atoms with E-state index >= 15 is 0 Å². The molecule has 1 saturated carbocycles. The van der Waals surface area contributed by atoms with Crippen LogP contribution < -0.4 is 0 Å². The van der Waals surface area contributed by atoms with Crippen molar-refractivity contribution in [2.24, 2.45) is 5.41 Å². The van der Waals surface area contributed by atoms with Gasteiger partial charge in [0, 0.05) is 18.3 Å². The van der Waals surface area contributed by atoms with Crippen LogP contribution in [0.2, 0.25) is 0 Å². The number of hydrogen-bond donors (Lipinski definition) is 1. The molecule has 64 valence electrons. The molecule has 2 nitrogen and oxygen atoms in total. The molecule has 1 fully saturated rings. The Morgan fingerprint density at radius 2 is 2.09 bits per heavy atom. The van der Waals surface area contributed by atoms with E-state index in [1.54, 1.807) is 0 Å². The predicted molar refractivity (Wildman–Crippen MR) is 34.5 cm³/mol. The first kappa shape index (κ1) is 8.43. The molecule has 0 saturated heterocycles. The highest BCUT2D eigenvalue weighted by Gasteiger charge is 2.67. The van der Waals surface area contributed by atoms with E-state index in [4.69, 9.17) is 5.11 Å². The van der Waals surface area contributed by atoms with Gasteiger partial charge in [-0.25, -0.2) is 8.78 Å². The van der Waals surface area contributed by atoms with Crippen molar-refractivity contribution in [2.75, 3.05) is 0 Å². The van der Waals surface area contributed by atoms with Gasteiger partial charge in [-0.15, -0.1) is 0 Å². The molecule has 1 aliphatic rings. The van der Waals surface area contributed by atoms with E-state index in [1.165, 1.54) is 6.92 Å². The lowest BCUT2D eigenvalue weighted by Gasteiger charge is -2.06. The lowest BCUT2D eigenvalue weighted by atomic mass is 10.0. The monoisotopic (exact) mass is 164 g/mol. The highest BCUT2D eigenvalue weighted by Crippen LogP contribution is 2.62. The average Bonchev–Trinajstić information content (AvgIpc) is 2.29. The van der Waals surface area contributed by atoms with Crippen molar-refractivity contribution in [3.05, 3.63) is 0 Å². The van der Waals surface area contributed by atoms with Gasteiger partial charge in [-0.1, -0.05) is 6.92 Å². The van der Waals surface area contributed by atoms with Gasteiger partial charge in [0.1, 0.15) is 0 Å². The molecule has 1 N–H and O–H groups in total. The van der Waals surface area contributed by atoms with E-state index in [0.29, 0.717) is 0 Å². The Bertz CT molecular complexity index is 191. The van der Waals surface area contributed by atoms with Crippen molar-refractivity contribution < 1.29 is 18.7 Å². The summed E-state index contributed by atoms with van der Waals surface area (Å²) in [6.45, 7) is 1.43. The van der Waals surface area contributed by atoms with Gasteiger partial charge >= 0.3 is 5.97 Å². The van der Waals surface area contributed by atoms with Gasteiger partial charge < -0.3 is 5.11 Å². The molecule has 0 bridgehead atoms. The summed E-state index contributed by atoms with van der Waals surface area (Å²) in [5, 5.41) is 8.23. The third-order valence-electron chi connectivity index (χ3n) is 2.26. The summed E-state index contributed by atoms with van der Waals surface area (Å²) in [7, 11) is 0. The summed E-state index contributed by atoms with van der Waals surface area (Å²) in [5.74, 6) is -3.63. The number of carboxylic acid groups (broad SMARTS) is 1. The first-order valence-electron chi connectivity index (χ1n) is 3.47. The molecule has 0 aromatic rings. The number of rotatable bonds is 3. The largest absolute Gasteiger partial charge is 0.481 e. The Morgan fingerprint density at radius 3 is 2.36 bits per heavy atom. The summed E-state index contributed by atoms with van der Waals surface area (Å²) >= 11 is 0. The quantitative estimate of drug-likeness (QED) is 0.691. The molecule has 1 unspecified atom stereocenters. The van der Waals surface area contributed by atoms with Gasteiger partial charge in [-0.3, -0.25) is 4.79 Å². The van der Waals surface area contributed by atoms with Crippen LogP contribution in [0.25, 0.3) is 0 Å². The summed E-state index contributed by atoms with van der Waals surface area (Å²) in [4.78, 5) is 10.0. The molecule has 11 heavy (non-hydrogen) atoms. The minimum Gasteiger partial charge on any atom is -0.481 e. The summed E-state index contributed by atoms with van der Waals surface area (Å²) in [6.07, 6.45) is -0.241. The molecular formula is C7H10F2O2. The second kappa shape index (κ2) is 2.16. The Morgan fingerprint density at radius 1 is 1.64 bits per heavy atom. The number of hydrogen-bond acceptors (Lipinski definition) is 1. The maximum absolute atomic E-state index is 12.4. The molecule has 1 rings (SSSR count). The fraction of sp³-hybridized carbons (Fsp3) is 0.857. The Kier molecular flexibility index (Phi) is 1.65. The van der Waals surface area contributed by atoms with Crippen molar-refractivity contribution in [3.8, 4) is 0 Å². The fourth-order valence-electron chi connectivity index (χ4n) is 1.10. The smallest absolute Gasteiger partial charge is 0.303 e.